The topological polar surface area (TPSA) is 49.3 Å². The van der Waals surface area contributed by atoms with Crippen molar-refractivity contribution in [2.24, 2.45) is 11.8 Å². The molecule has 2 N–H and O–H groups in total. The first kappa shape index (κ1) is 17.8. The van der Waals surface area contributed by atoms with E-state index >= 15 is 0 Å². The molecule has 23 heavy (non-hydrogen) atoms. The number of halogens is 3. The molecule has 0 aliphatic heterocycles. The molecular formula is C17H22F3NO2. The Bertz CT molecular complexity index is 557. The number of aliphatic hydroxyl groups is 1. The molecule has 3 nitrogen and oxygen atoms in total. The number of benzene rings is 1. The van der Waals surface area contributed by atoms with E-state index in [9.17, 15) is 23.1 Å². The molecule has 0 aromatic heterocycles. The maximum absolute atomic E-state index is 12.9. The number of hydrogen-bond donors (Lipinski definition) is 2. The summed E-state index contributed by atoms with van der Waals surface area (Å²) in [5, 5.41) is 12.6. The third-order valence-corrected chi connectivity index (χ3v) is 4.35. The van der Waals surface area contributed by atoms with Gasteiger partial charge in [-0.2, -0.15) is 13.2 Å². The van der Waals surface area contributed by atoms with Gasteiger partial charge in [0.2, 0.25) is 5.91 Å². The molecule has 0 saturated heterocycles. The molecule has 3 unspecified atom stereocenters. The van der Waals surface area contributed by atoms with Crippen LogP contribution in [0, 0.1) is 11.8 Å². The van der Waals surface area contributed by atoms with Crippen molar-refractivity contribution >= 4 is 5.91 Å². The number of carbonyl (C=O) groups is 1. The quantitative estimate of drug-likeness (QED) is 0.885. The summed E-state index contributed by atoms with van der Waals surface area (Å²) < 4.78 is 38.6. The van der Waals surface area contributed by atoms with Gasteiger partial charge in [-0.25, -0.2) is 0 Å². The maximum atomic E-state index is 12.9. The van der Waals surface area contributed by atoms with Crippen molar-refractivity contribution in [3.05, 3.63) is 35.4 Å². The van der Waals surface area contributed by atoms with Crippen LogP contribution in [-0.4, -0.2) is 17.1 Å². The first-order valence-electron chi connectivity index (χ1n) is 7.85. The fourth-order valence-corrected chi connectivity index (χ4v) is 3.05. The number of rotatable bonds is 4. The van der Waals surface area contributed by atoms with E-state index in [1.807, 2.05) is 13.8 Å². The molecule has 6 heteroatoms. The van der Waals surface area contributed by atoms with Crippen LogP contribution in [0.5, 0.6) is 0 Å². The molecule has 1 fully saturated rings. The third-order valence-electron chi connectivity index (χ3n) is 4.35. The monoisotopic (exact) mass is 329 g/mol. The minimum Gasteiger partial charge on any atom is -0.392 e. The van der Waals surface area contributed by atoms with Crippen molar-refractivity contribution in [1.29, 1.82) is 0 Å². The Balaban J connectivity index is 2.20. The molecule has 0 radical (unpaired) electrons. The zero-order chi connectivity index (χ0) is 17.2. The second-order valence-corrected chi connectivity index (χ2v) is 6.46. The molecule has 0 spiro atoms. The summed E-state index contributed by atoms with van der Waals surface area (Å²) in [5.74, 6) is -0.825. The van der Waals surface area contributed by atoms with Crippen molar-refractivity contribution in [3.63, 3.8) is 0 Å². The molecule has 1 saturated carbocycles. The van der Waals surface area contributed by atoms with Crippen LogP contribution in [0.25, 0.3) is 0 Å². The van der Waals surface area contributed by atoms with Crippen LogP contribution in [0.3, 0.4) is 0 Å². The minimum atomic E-state index is -4.41. The van der Waals surface area contributed by atoms with E-state index in [1.54, 1.807) is 6.07 Å². The molecule has 1 aliphatic rings. The van der Waals surface area contributed by atoms with Gasteiger partial charge in [-0.1, -0.05) is 26.0 Å². The summed E-state index contributed by atoms with van der Waals surface area (Å²) >= 11 is 0. The largest absolute Gasteiger partial charge is 0.416 e. The van der Waals surface area contributed by atoms with Crippen LogP contribution < -0.4 is 5.32 Å². The lowest BCUT2D eigenvalue weighted by atomic mass is 9.93. The average Bonchev–Trinajstić information content (AvgIpc) is 2.89. The molecule has 1 aromatic carbocycles. The highest BCUT2D eigenvalue weighted by molar-refractivity contribution is 5.80. The summed E-state index contributed by atoms with van der Waals surface area (Å²) in [5.41, 5.74) is -0.300. The van der Waals surface area contributed by atoms with E-state index in [4.69, 9.17) is 0 Å². The maximum Gasteiger partial charge on any atom is 0.416 e. The van der Waals surface area contributed by atoms with Gasteiger partial charge in [0.15, 0.2) is 0 Å². The van der Waals surface area contributed by atoms with Gasteiger partial charge in [0.1, 0.15) is 0 Å². The fourth-order valence-electron chi connectivity index (χ4n) is 3.05. The van der Waals surface area contributed by atoms with Crippen LogP contribution in [0.15, 0.2) is 24.3 Å². The fraction of sp³-hybridized carbons (Fsp3) is 0.588. The van der Waals surface area contributed by atoms with Crippen LogP contribution in [0.4, 0.5) is 13.2 Å². The Morgan fingerprint density at radius 3 is 2.52 bits per heavy atom. The van der Waals surface area contributed by atoms with Crippen molar-refractivity contribution in [3.8, 4) is 0 Å². The predicted octanol–water partition coefficient (Wildman–Crippen LogP) is 3.68. The first-order valence-corrected chi connectivity index (χ1v) is 7.85. The summed E-state index contributed by atoms with van der Waals surface area (Å²) in [7, 11) is 0. The number of hydrogen-bond acceptors (Lipinski definition) is 2. The van der Waals surface area contributed by atoms with Crippen molar-refractivity contribution in [1.82, 2.24) is 5.32 Å². The van der Waals surface area contributed by atoms with Gasteiger partial charge in [0.25, 0.3) is 0 Å². The second-order valence-electron chi connectivity index (χ2n) is 6.46. The molecule has 1 amide bonds. The average molecular weight is 329 g/mol. The first-order chi connectivity index (χ1) is 10.7. The van der Waals surface area contributed by atoms with Gasteiger partial charge < -0.3 is 10.4 Å². The van der Waals surface area contributed by atoms with E-state index in [-0.39, 0.29) is 11.8 Å². The molecule has 0 heterocycles. The summed E-state index contributed by atoms with van der Waals surface area (Å²) in [4.78, 5) is 12.3. The van der Waals surface area contributed by atoms with Gasteiger partial charge in [0.05, 0.1) is 23.6 Å². The van der Waals surface area contributed by atoms with Crippen LogP contribution >= 0.6 is 0 Å². The van der Waals surface area contributed by atoms with E-state index in [1.165, 1.54) is 6.07 Å². The number of carbonyl (C=O) groups excluding carboxylic acids is 1. The Hall–Kier alpha value is -1.56. The van der Waals surface area contributed by atoms with Gasteiger partial charge in [-0.05, 0) is 42.9 Å². The molecule has 0 bridgehead atoms. The van der Waals surface area contributed by atoms with Crippen molar-refractivity contribution < 1.29 is 23.1 Å². The van der Waals surface area contributed by atoms with Crippen molar-refractivity contribution in [2.75, 3.05) is 0 Å². The molecule has 1 aliphatic carbocycles. The van der Waals surface area contributed by atoms with E-state index < -0.39 is 29.8 Å². The van der Waals surface area contributed by atoms with Crippen LogP contribution in [-0.2, 0) is 11.0 Å². The highest BCUT2D eigenvalue weighted by Crippen LogP contribution is 2.33. The van der Waals surface area contributed by atoms with E-state index in [2.05, 4.69) is 5.32 Å². The Morgan fingerprint density at radius 2 is 2.00 bits per heavy atom. The number of aliphatic hydroxyl groups excluding tert-OH is 1. The molecule has 1 aromatic rings. The minimum absolute atomic E-state index is 0.0685. The number of amides is 1. The highest BCUT2D eigenvalue weighted by Gasteiger charge is 2.34. The standard InChI is InChI=1S/C17H22F3NO2/c1-10(2)15(21-16(23)13-7-4-8-14(13)22)11-5-3-6-12(9-11)17(18,19)20/h3,5-6,9-10,13-15,22H,4,7-8H2,1-2H3,(H,21,23). The Morgan fingerprint density at radius 1 is 1.30 bits per heavy atom. The predicted molar refractivity (Wildman–Crippen MR) is 80.5 cm³/mol. The van der Waals surface area contributed by atoms with Gasteiger partial charge in [-0.15, -0.1) is 0 Å². The number of nitrogens with one attached hydrogen (secondary N) is 1. The molecule has 2 rings (SSSR count). The molecule has 3 atom stereocenters. The Labute approximate surface area is 133 Å². The normalized spacial score (nSPS) is 23.1. The van der Waals surface area contributed by atoms with Gasteiger partial charge in [-0.3, -0.25) is 4.79 Å². The number of alkyl halides is 3. The third kappa shape index (κ3) is 4.25. The van der Waals surface area contributed by atoms with E-state index in [0.717, 1.165) is 18.6 Å². The van der Waals surface area contributed by atoms with Crippen molar-refractivity contribution in [2.45, 2.75) is 51.4 Å². The second kappa shape index (κ2) is 6.91. The van der Waals surface area contributed by atoms with Gasteiger partial charge in [0, 0.05) is 0 Å². The van der Waals surface area contributed by atoms with Crippen LogP contribution in [0.2, 0.25) is 0 Å². The summed E-state index contributed by atoms with van der Waals surface area (Å²) in [6.45, 7) is 3.69. The lowest BCUT2D eigenvalue weighted by molar-refractivity contribution is -0.137. The summed E-state index contributed by atoms with van der Waals surface area (Å²) in [6, 6.07) is 4.52. The SMILES string of the molecule is CC(C)C(NC(=O)C1CCCC1O)c1cccc(C(F)(F)F)c1. The lowest BCUT2D eigenvalue weighted by Gasteiger charge is -2.26. The van der Waals surface area contributed by atoms with Crippen LogP contribution in [0.1, 0.15) is 50.3 Å². The smallest absolute Gasteiger partial charge is 0.392 e. The summed E-state index contributed by atoms with van der Waals surface area (Å²) in [6.07, 6.45) is -3.09. The lowest BCUT2D eigenvalue weighted by Crippen LogP contribution is -2.39. The molecule has 128 valence electrons. The van der Waals surface area contributed by atoms with Gasteiger partial charge >= 0.3 is 6.18 Å². The highest BCUT2D eigenvalue weighted by atomic mass is 19.4. The van der Waals surface area contributed by atoms with E-state index in [0.29, 0.717) is 18.4 Å². The zero-order valence-corrected chi connectivity index (χ0v) is 13.2. The Kier molecular flexibility index (Phi) is 5.34. The zero-order valence-electron chi connectivity index (χ0n) is 13.2. The molecular weight excluding hydrogens is 307 g/mol.